The second kappa shape index (κ2) is 7.88. The van der Waals surface area contributed by atoms with Crippen LogP contribution in [0.5, 0.6) is 0 Å². The van der Waals surface area contributed by atoms with E-state index in [2.05, 4.69) is 10.1 Å². The molecule has 4 aromatic rings. The van der Waals surface area contributed by atoms with E-state index in [0.29, 0.717) is 36.5 Å². The Hall–Kier alpha value is -3.94. The highest BCUT2D eigenvalue weighted by molar-refractivity contribution is 6.07. The number of para-hydroxylation sites is 2. The van der Waals surface area contributed by atoms with Gasteiger partial charge in [0.05, 0.1) is 16.8 Å². The number of hydrogen-bond acceptors (Lipinski definition) is 5. The van der Waals surface area contributed by atoms with Gasteiger partial charge in [-0.05, 0) is 39.0 Å². The maximum atomic E-state index is 13.4. The first-order valence-corrected chi connectivity index (χ1v) is 10.9. The van der Waals surface area contributed by atoms with E-state index in [9.17, 15) is 9.59 Å². The molecule has 1 saturated heterocycles. The molecule has 1 aliphatic rings. The monoisotopic (exact) mass is 443 g/mol. The van der Waals surface area contributed by atoms with Crippen LogP contribution < -0.4 is 0 Å². The number of furan rings is 1. The van der Waals surface area contributed by atoms with Crippen LogP contribution in [0.2, 0.25) is 0 Å². The molecule has 1 fully saturated rings. The van der Waals surface area contributed by atoms with E-state index in [4.69, 9.17) is 4.42 Å². The number of rotatable bonds is 3. The number of amides is 2. The summed E-state index contributed by atoms with van der Waals surface area (Å²) >= 11 is 0. The second-order valence-electron chi connectivity index (χ2n) is 8.87. The Bertz CT molecular complexity index is 1340. The number of piperazine rings is 1. The van der Waals surface area contributed by atoms with Crippen LogP contribution in [0.1, 0.15) is 40.6 Å². The first-order valence-electron chi connectivity index (χ1n) is 10.9. The number of nitrogens with zero attached hydrogens (tertiary/aromatic N) is 5. The average molecular weight is 444 g/mol. The number of aromatic nitrogens is 3. The molecule has 3 heterocycles. The lowest BCUT2D eigenvalue weighted by Crippen LogP contribution is -2.62. The van der Waals surface area contributed by atoms with Gasteiger partial charge in [-0.15, -0.1) is 5.10 Å². The van der Waals surface area contributed by atoms with Gasteiger partial charge in [0, 0.05) is 25.0 Å². The van der Waals surface area contributed by atoms with Gasteiger partial charge in [-0.25, -0.2) is 9.67 Å². The van der Waals surface area contributed by atoms with E-state index in [0.717, 1.165) is 11.1 Å². The normalized spacial score (nSPS) is 15.7. The van der Waals surface area contributed by atoms with Crippen molar-refractivity contribution in [1.29, 1.82) is 0 Å². The minimum absolute atomic E-state index is 0.0795. The molecule has 2 aromatic heterocycles. The van der Waals surface area contributed by atoms with Crippen molar-refractivity contribution in [3.05, 3.63) is 78.1 Å². The Labute approximate surface area is 191 Å². The molecule has 0 bridgehead atoms. The summed E-state index contributed by atoms with van der Waals surface area (Å²) in [6.45, 7) is 6.94. The summed E-state index contributed by atoms with van der Waals surface area (Å²) in [6, 6.07) is 17.1. The van der Waals surface area contributed by atoms with Crippen molar-refractivity contribution in [2.45, 2.75) is 26.3 Å². The first-order chi connectivity index (χ1) is 15.8. The number of hydrogen-bond donors (Lipinski definition) is 0. The third-order valence-corrected chi connectivity index (χ3v) is 6.12. The van der Waals surface area contributed by atoms with Gasteiger partial charge in [-0.2, -0.15) is 0 Å². The molecule has 0 unspecified atom stereocenters. The van der Waals surface area contributed by atoms with Gasteiger partial charge in [0.25, 0.3) is 11.8 Å². The molecule has 168 valence electrons. The van der Waals surface area contributed by atoms with Gasteiger partial charge >= 0.3 is 0 Å². The van der Waals surface area contributed by atoms with Gasteiger partial charge in [-0.1, -0.05) is 36.4 Å². The lowest BCUT2D eigenvalue weighted by atomic mass is 9.97. The van der Waals surface area contributed by atoms with Crippen LogP contribution in [0, 0.1) is 6.92 Å². The van der Waals surface area contributed by atoms with Gasteiger partial charge in [0.1, 0.15) is 17.7 Å². The third-order valence-electron chi connectivity index (χ3n) is 6.12. The molecule has 8 nitrogen and oxygen atoms in total. The topological polar surface area (TPSA) is 84.5 Å². The van der Waals surface area contributed by atoms with Crippen molar-refractivity contribution >= 4 is 22.8 Å². The standard InChI is InChI=1S/C25H25N5O3/c1-17-21(19-11-7-8-12-20(19)33-17)23(31)28-13-14-29(25(2,3)15-28)24(32)22-26-16-30(27-22)18-9-5-4-6-10-18/h4-12,16H,13-15H2,1-3H3. The van der Waals surface area contributed by atoms with Crippen LogP contribution in [0.4, 0.5) is 0 Å². The predicted molar refractivity (Wildman–Crippen MR) is 123 cm³/mol. The SMILES string of the molecule is Cc1oc2ccccc2c1C(=O)N1CCN(C(=O)c2ncn(-c3ccccc3)n2)C(C)(C)C1. The van der Waals surface area contributed by atoms with Gasteiger partial charge < -0.3 is 14.2 Å². The Balaban J connectivity index is 1.35. The largest absolute Gasteiger partial charge is 0.461 e. The fourth-order valence-electron chi connectivity index (χ4n) is 4.48. The van der Waals surface area contributed by atoms with Crippen molar-refractivity contribution in [3.8, 4) is 5.69 Å². The minimum Gasteiger partial charge on any atom is -0.461 e. The quantitative estimate of drug-likeness (QED) is 0.482. The molecule has 33 heavy (non-hydrogen) atoms. The van der Waals surface area contributed by atoms with Crippen LogP contribution in [-0.4, -0.2) is 61.6 Å². The lowest BCUT2D eigenvalue weighted by molar-refractivity contribution is 0.0160. The maximum absolute atomic E-state index is 13.4. The lowest BCUT2D eigenvalue weighted by Gasteiger charge is -2.46. The summed E-state index contributed by atoms with van der Waals surface area (Å²) in [5.41, 5.74) is 1.54. The number of aryl methyl sites for hydroxylation is 1. The van der Waals surface area contributed by atoms with Crippen molar-refractivity contribution in [3.63, 3.8) is 0 Å². The molecule has 0 radical (unpaired) electrons. The van der Waals surface area contributed by atoms with Crippen LogP contribution in [0.15, 0.2) is 65.3 Å². The summed E-state index contributed by atoms with van der Waals surface area (Å²) in [7, 11) is 0. The van der Waals surface area contributed by atoms with Crippen LogP contribution in [0.25, 0.3) is 16.7 Å². The van der Waals surface area contributed by atoms with Crippen molar-refractivity contribution in [1.82, 2.24) is 24.6 Å². The molecule has 0 spiro atoms. The number of carbonyl (C=O) groups excluding carboxylic acids is 2. The van der Waals surface area contributed by atoms with Crippen molar-refractivity contribution in [2.75, 3.05) is 19.6 Å². The second-order valence-corrected chi connectivity index (χ2v) is 8.87. The van der Waals surface area contributed by atoms with E-state index >= 15 is 0 Å². The van der Waals surface area contributed by atoms with Crippen LogP contribution in [0.3, 0.4) is 0 Å². The molecule has 0 atom stereocenters. The highest BCUT2D eigenvalue weighted by Gasteiger charge is 2.40. The van der Waals surface area contributed by atoms with Gasteiger partial charge in [-0.3, -0.25) is 9.59 Å². The first kappa shape index (κ1) is 20.9. The Morgan fingerprint density at radius 1 is 0.970 bits per heavy atom. The Morgan fingerprint density at radius 2 is 1.70 bits per heavy atom. The zero-order valence-electron chi connectivity index (χ0n) is 18.9. The minimum atomic E-state index is -0.587. The Kier molecular flexibility index (Phi) is 5.00. The van der Waals surface area contributed by atoms with Crippen molar-refractivity contribution in [2.24, 2.45) is 0 Å². The summed E-state index contributed by atoms with van der Waals surface area (Å²) < 4.78 is 7.38. The molecule has 2 amide bonds. The highest BCUT2D eigenvalue weighted by Crippen LogP contribution is 2.29. The van der Waals surface area contributed by atoms with E-state index < -0.39 is 5.54 Å². The smallest absolute Gasteiger partial charge is 0.294 e. The van der Waals surface area contributed by atoms with E-state index in [1.807, 2.05) is 75.4 Å². The van der Waals surface area contributed by atoms with E-state index in [-0.39, 0.29) is 17.6 Å². The van der Waals surface area contributed by atoms with Gasteiger partial charge in [0.2, 0.25) is 5.82 Å². The molecule has 0 N–H and O–H groups in total. The molecule has 0 aliphatic carbocycles. The molecular weight excluding hydrogens is 418 g/mol. The Morgan fingerprint density at radius 3 is 2.45 bits per heavy atom. The highest BCUT2D eigenvalue weighted by atomic mass is 16.3. The maximum Gasteiger partial charge on any atom is 0.294 e. The molecule has 8 heteroatoms. The predicted octanol–water partition coefficient (Wildman–Crippen LogP) is 3.70. The van der Waals surface area contributed by atoms with Crippen molar-refractivity contribution < 1.29 is 14.0 Å². The third kappa shape index (κ3) is 3.67. The zero-order valence-corrected chi connectivity index (χ0v) is 18.9. The summed E-state index contributed by atoms with van der Waals surface area (Å²) in [6.07, 6.45) is 1.54. The zero-order chi connectivity index (χ0) is 23.2. The summed E-state index contributed by atoms with van der Waals surface area (Å²) in [5, 5.41) is 5.20. The van der Waals surface area contributed by atoms with E-state index in [1.54, 1.807) is 20.8 Å². The molecule has 5 rings (SSSR count). The fraction of sp³-hybridized carbons (Fsp3) is 0.280. The number of benzene rings is 2. The molecule has 2 aromatic carbocycles. The summed E-state index contributed by atoms with van der Waals surface area (Å²) in [4.78, 5) is 34.5. The molecule has 1 aliphatic heterocycles. The number of carbonyl (C=O) groups is 2. The molecule has 0 saturated carbocycles. The fourth-order valence-corrected chi connectivity index (χ4v) is 4.48. The number of fused-ring (bicyclic) bond motifs is 1. The van der Waals surface area contributed by atoms with E-state index in [1.165, 1.54) is 0 Å². The van der Waals surface area contributed by atoms with Gasteiger partial charge in [0.15, 0.2) is 0 Å². The summed E-state index contributed by atoms with van der Waals surface area (Å²) in [5.74, 6) is 0.423. The van der Waals surface area contributed by atoms with Crippen LogP contribution in [-0.2, 0) is 0 Å². The average Bonchev–Trinajstić information content (AvgIpc) is 3.42. The molecular formula is C25H25N5O3. The van der Waals surface area contributed by atoms with Crippen LogP contribution >= 0.6 is 0 Å².